The summed E-state index contributed by atoms with van der Waals surface area (Å²) in [5.41, 5.74) is -0.622. The number of hydrogen-bond acceptors (Lipinski definition) is 4. The molecule has 0 spiro atoms. The number of benzene rings is 1. The second-order valence-corrected chi connectivity index (χ2v) is 3.08. The Morgan fingerprint density at radius 3 is 2.62 bits per heavy atom. The monoisotopic (exact) mass is 245 g/mol. The molecular formula is C9H5F2NO3S. The third-order valence-corrected chi connectivity index (χ3v) is 2.14. The van der Waals surface area contributed by atoms with Crippen molar-refractivity contribution in [1.82, 2.24) is 0 Å². The minimum absolute atomic E-state index is 0.220. The van der Waals surface area contributed by atoms with Gasteiger partial charge in [0.15, 0.2) is 0 Å². The Morgan fingerprint density at radius 1 is 1.56 bits per heavy atom. The van der Waals surface area contributed by atoms with Crippen molar-refractivity contribution in [3.05, 3.63) is 23.3 Å². The molecule has 16 heavy (non-hydrogen) atoms. The van der Waals surface area contributed by atoms with E-state index in [-0.39, 0.29) is 21.8 Å². The van der Waals surface area contributed by atoms with E-state index < -0.39 is 12.6 Å². The molecule has 0 amide bonds. The number of alkyl halides is 2. The molecule has 0 aliphatic carbocycles. The SMILES string of the molecule is N#Cc1c(C(=O)O)ccc(OC(F)F)c1S. The molecule has 0 bridgehead atoms. The van der Waals surface area contributed by atoms with Gasteiger partial charge in [0.25, 0.3) is 0 Å². The van der Waals surface area contributed by atoms with Gasteiger partial charge < -0.3 is 9.84 Å². The molecule has 0 aliphatic heterocycles. The number of rotatable bonds is 3. The lowest BCUT2D eigenvalue weighted by molar-refractivity contribution is -0.0516. The Kier molecular flexibility index (Phi) is 3.68. The van der Waals surface area contributed by atoms with E-state index >= 15 is 0 Å². The van der Waals surface area contributed by atoms with Crippen LogP contribution < -0.4 is 4.74 Å². The summed E-state index contributed by atoms with van der Waals surface area (Å²) in [5, 5.41) is 17.4. The molecule has 1 rings (SSSR count). The van der Waals surface area contributed by atoms with Crippen LogP contribution in [-0.2, 0) is 0 Å². The molecule has 0 aliphatic rings. The number of nitrogens with zero attached hydrogens (tertiary/aromatic N) is 1. The molecule has 1 aromatic carbocycles. The summed E-state index contributed by atoms with van der Waals surface area (Å²) in [6.07, 6.45) is 0. The van der Waals surface area contributed by atoms with Gasteiger partial charge in [-0.25, -0.2) is 4.79 Å². The molecule has 7 heteroatoms. The summed E-state index contributed by atoms with van der Waals surface area (Å²) in [6, 6.07) is 3.62. The highest BCUT2D eigenvalue weighted by molar-refractivity contribution is 7.80. The third kappa shape index (κ3) is 2.41. The van der Waals surface area contributed by atoms with Crippen molar-refractivity contribution in [2.75, 3.05) is 0 Å². The molecule has 0 fully saturated rings. The Hall–Kier alpha value is -1.81. The lowest BCUT2D eigenvalue weighted by Crippen LogP contribution is -2.06. The summed E-state index contributed by atoms with van der Waals surface area (Å²) in [6.45, 7) is -3.06. The molecule has 1 N–H and O–H groups in total. The summed E-state index contributed by atoms with van der Waals surface area (Å²) in [7, 11) is 0. The number of aromatic carboxylic acids is 1. The first-order valence-electron chi connectivity index (χ1n) is 3.91. The van der Waals surface area contributed by atoms with Crippen molar-refractivity contribution >= 4 is 18.6 Å². The van der Waals surface area contributed by atoms with Crippen molar-refractivity contribution in [3.8, 4) is 11.8 Å². The van der Waals surface area contributed by atoms with Crippen molar-refractivity contribution in [2.45, 2.75) is 11.5 Å². The van der Waals surface area contributed by atoms with Crippen LogP contribution in [0.15, 0.2) is 17.0 Å². The van der Waals surface area contributed by atoms with Gasteiger partial charge in [0.2, 0.25) is 0 Å². The topological polar surface area (TPSA) is 70.3 Å². The van der Waals surface area contributed by atoms with Gasteiger partial charge in [-0.1, -0.05) is 0 Å². The van der Waals surface area contributed by atoms with Gasteiger partial charge in [-0.2, -0.15) is 14.0 Å². The molecule has 84 valence electrons. The Balaban J connectivity index is 3.30. The lowest BCUT2D eigenvalue weighted by atomic mass is 10.1. The highest BCUT2D eigenvalue weighted by atomic mass is 32.1. The maximum Gasteiger partial charge on any atom is 0.387 e. The van der Waals surface area contributed by atoms with Crippen molar-refractivity contribution < 1.29 is 23.4 Å². The van der Waals surface area contributed by atoms with Crippen LogP contribution in [0, 0.1) is 11.3 Å². The number of nitriles is 1. The van der Waals surface area contributed by atoms with Crippen molar-refractivity contribution in [2.24, 2.45) is 0 Å². The standard InChI is InChI=1S/C9H5F2NO3S/c10-9(11)15-6-2-1-4(8(13)14)5(3-12)7(6)16/h1-2,9,16H,(H,13,14). The number of carboxylic acid groups (broad SMARTS) is 1. The fourth-order valence-electron chi connectivity index (χ4n) is 1.05. The first kappa shape index (κ1) is 12.3. The van der Waals surface area contributed by atoms with Crippen LogP contribution in [0.4, 0.5) is 8.78 Å². The fourth-order valence-corrected chi connectivity index (χ4v) is 1.35. The molecule has 0 unspecified atom stereocenters. The zero-order chi connectivity index (χ0) is 12.3. The van der Waals surface area contributed by atoms with Crippen LogP contribution in [-0.4, -0.2) is 17.7 Å². The van der Waals surface area contributed by atoms with Crippen molar-refractivity contribution in [1.29, 1.82) is 5.26 Å². The Bertz CT molecular complexity index is 471. The van der Waals surface area contributed by atoms with Crippen LogP contribution in [0.5, 0.6) is 5.75 Å². The minimum atomic E-state index is -3.06. The molecule has 0 saturated heterocycles. The van der Waals surface area contributed by atoms with Crippen molar-refractivity contribution in [3.63, 3.8) is 0 Å². The van der Waals surface area contributed by atoms with Crippen LogP contribution >= 0.6 is 12.6 Å². The number of carbonyl (C=O) groups is 1. The highest BCUT2D eigenvalue weighted by Crippen LogP contribution is 2.29. The predicted molar refractivity (Wildman–Crippen MR) is 52.0 cm³/mol. The highest BCUT2D eigenvalue weighted by Gasteiger charge is 2.18. The minimum Gasteiger partial charge on any atom is -0.478 e. The number of carboxylic acids is 1. The summed E-state index contributed by atoms with van der Waals surface area (Å²) < 4.78 is 27.9. The normalized spacial score (nSPS) is 9.94. The third-order valence-electron chi connectivity index (χ3n) is 1.70. The van der Waals surface area contributed by atoms with E-state index in [4.69, 9.17) is 10.4 Å². The van der Waals surface area contributed by atoms with E-state index in [0.717, 1.165) is 12.1 Å². The summed E-state index contributed by atoms with van der Waals surface area (Å²) in [5.74, 6) is -1.67. The maximum atomic E-state index is 11.9. The quantitative estimate of drug-likeness (QED) is 0.800. The van der Waals surface area contributed by atoms with Crippen LogP contribution in [0.25, 0.3) is 0 Å². The smallest absolute Gasteiger partial charge is 0.387 e. The van der Waals surface area contributed by atoms with E-state index in [9.17, 15) is 13.6 Å². The fraction of sp³-hybridized carbons (Fsp3) is 0.111. The van der Waals surface area contributed by atoms with Gasteiger partial charge in [-0.15, -0.1) is 12.6 Å². The van der Waals surface area contributed by atoms with Gasteiger partial charge >= 0.3 is 12.6 Å². The average Bonchev–Trinajstić information content (AvgIpc) is 2.19. The first-order chi connectivity index (χ1) is 7.47. The second-order valence-electron chi connectivity index (χ2n) is 2.63. The van der Waals surface area contributed by atoms with Gasteiger partial charge in [0.05, 0.1) is 16.0 Å². The van der Waals surface area contributed by atoms with Gasteiger partial charge in [-0.3, -0.25) is 0 Å². The lowest BCUT2D eigenvalue weighted by Gasteiger charge is -2.09. The molecular weight excluding hydrogens is 240 g/mol. The number of halogens is 2. The zero-order valence-electron chi connectivity index (χ0n) is 7.65. The van der Waals surface area contributed by atoms with E-state index in [0.29, 0.717) is 0 Å². The van der Waals surface area contributed by atoms with Gasteiger partial charge in [-0.05, 0) is 12.1 Å². The molecule has 4 nitrogen and oxygen atoms in total. The summed E-state index contributed by atoms with van der Waals surface area (Å²) >= 11 is 3.79. The summed E-state index contributed by atoms with van der Waals surface area (Å²) in [4.78, 5) is 10.5. The number of ether oxygens (including phenoxy) is 1. The largest absolute Gasteiger partial charge is 0.478 e. The maximum absolute atomic E-state index is 11.9. The second kappa shape index (κ2) is 4.81. The van der Waals surface area contributed by atoms with Crippen LogP contribution in [0.2, 0.25) is 0 Å². The average molecular weight is 245 g/mol. The van der Waals surface area contributed by atoms with E-state index in [1.807, 2.05) is 0 Å². The molecule has 1 aromatic rings. The molecule has 0 aromatic heterocycles. The molecule has 0 atom stereocenters. The predicted octanol–water partition coefficient (Wildman–Crippen LogP) is 2.15. The molecule has 0 heterocycles. The van der Waals surface area contributed by atoms with E-state index in [1.54, 1.807) is 6.07 Å². The molecule has 0 radical (unpaired) electrons. The molecule has 0 saturated carbocycles. The van der Waals surface area contributed by atoms with E-state index in [2.05, 4.69) is 17.4 Å². The number of hydrogen-bond donors (Lipinski definition) is 2. The van der Waals surface area contributed by atoms with Gasteiger partial charge in [0.1, 0.15) is 11.8 Å². The zero-order valence-corrected chi connectivity index (χ0v) is 8.54. The number of thiol groups is 1. The van der Waals surface area contributed by atoms with Crippen LogP contribution in [0.3, 0.4) is 0 Å². The Labute approximate surface area is 94.5 Å². The van der Waals surface area contributed by atoms with Gasteiger partial charge in [0, 0.05) is 0 Å². The van der Waals surface area contributed by atoms with E-state index in [1.165, 1.54) is 0 Å². The Morgan fingerprint density at radius 2 is 2.19 bits per heavy atom. The first-order valence-corrected chi connectivity index (χ1v) is 4.36. The van der Waals surface area contributed by atoms with Crippen LogP contribution in [0.1, 0.15) is 15.9 Å².